The average molecular weight is 489 g/mol. The summed E-state index contributed by atoms with van der Waals surface area (Å²) < 4.78 is 10.9. The van der Waals surface area contributed by atoms with Crippen molar-refractivity contribution < 1.29 is 23.9 Å². The summed E-state index contributed by atoms with van der Waals surface area (Å²) in [5.74, 6) is -1.30. The lowest BCUT2D eigenvalue weighted by molar-refractivity contribution is -0.136. The fourth-order valence-corrected chi connectivity index (χ4v) is 3.16. The number of nitrogens with zero attached hydrogens (tertiary/aromatic N) is 1. The van der Waals surface area contributed by atoms with Gasteiger partial charge in [0.25, 0.3) is 5.91 Å². The maximum atomic E-state index is 12.2. The highest BCUT2D eigenvalue weighted by Gasteiger charge is 2.14. The van der Waals surface area contributed by atoms with Crippen molar-refractivity contribution in [2.24, 2.45) is 5.10 Å². The Kier molecular flexibility index (Phi) is 9.16. The van der Waals surface area contributed by atoms with Gasteiger partial charge in [-0.15, -0.1) is 0 Å². The van der Waals surface area contributed by atoms with Crippen LogP contribution in [-0.4, -0.2) is 37.7 Å². The molecule has 0 atom stereocenters. The van der Waals surface area contributed by atoms with Crippen molar-refractivity contribution in [1.29, 1.82) is 0 Å². The second-order valence-electron chi connectivity index (χ2n) is 7.77. The second-order valence-corrected chi connectivity index (χ2v) is 7.77. The highest BCUT2D eigenvalue weighted by atomic mass is 16.5. The van der Waals surface area contributed by atoms with Gasteiger partial charge in [-0.3, -0.25) is 14.4 Å². The molecule has 9 heteroatoms. The average Bonchev–Trinajstić information content (AvgIpc) is 2.89. The Morgan fingerprint density at radius 2 is 1.67 bits per heavy atom. The van der Waals surface area contributed by atoms with Crippen LogP contribution in [0, 0.1) is 6.92 Å². The number of hydrogen-bond acceptors (Lipinski definition) is 6. The van der Waals surface area contributed by atoms with E-state index in [2.05, 4.69) is 28.1 Å². The first-order chi connectivity index (χ1) is 17.4. The summed E-state index contributed by atoms with van der Waals surface area (Å²) in [7, 11) is 1.47. The summed E-state index contributed by atoms with van der Waals surface area (Å²) in [5, 5.41) is 9.13. The highest BCUT2D eigenvalue weighted by Crippen LogP contribution is 2.27. The smallest absolute Gasteiger partial charge is 0.329 e. The molecule has 0 radical (unpaired) electrons. The molecule has 0 aliphatic carbocycles. The minimum atomic E-state index is -0.906. The molecule has 0 heterocycles. The van der Waals surface area contributed by atoms with Crippen LogP contribution in [-0.2, 0) is 20.8 Å². The van der Waals surface area contributed by atoms with E-state index in [1.54, 1.807) is 30.3 Å². The maximum Gasteiger partial charge on any atom is 0.329 e. The lowest BCUT2D eigenvalue weighted by Crippen LogP contribution is -2.32. The number of anilines is 2. The number of rotatable bonds is 9. The molecule has 0 bridgehead atoms. The van der Waals surface area contributed by atoms with Crippen molar-refractivity contribution in [2.45, 2.75) is 20.3 Å². The van der Waals surface area contributed by atoms with E-state index in [0.29, 0.717) is 28.4 Å². The standard InChI is InChI=1S/C27H28N4O5/c1-4-19-9-12-21(13-10-19)29-25(32)17-36-23-14-11-20(15-24(23)35-3)16-28-31-27(34)26(33)30-22-8-6-5-7-18(22)2/h5-16H,4,17H2,1-3H3,(H,29,32)(H,30,33)(H,31,34)/b28-16-. The molecule has 0 spiro atoms. The number of carbonyl (C=O) groups is 3. The van der Waals surface area contributed by atoms with E-state index in [1.807, 2.05) is 43.3 Å². The van der Waals surface area contributed by atoms with Gasteiger partial charge in [0.1, 0.15) is 0 Å². The maximum absolute atomic E-state index is 12.2. The molecule has 0 saturated carbocycles. The van der Waals surface area contributed by atoms with E-state index in [-0.39, 0.29) is 12.5 Å². The van der Waals surface area contributed by atoms with Crippen LogP contribution in [0.15, 0.2) is 71.8 Å². The molecule has 0 saturated heterocycles. The van der Waals surface area contributed by atoms with Gasteiger partial charge in [-0.1, -0.05) is 37.3 Å². The van der Waals surface area contributed by atoms with Gasteiger partial charge in [-0.05, 0) is 66.4 Å². The minimum absolute atomic E-state index is 0.203. The van der Waals surface area contributed by atoms with Crippen molar-refractivity contribution >= 4 is 35.3 Å². The van der Waals surface area contributed by atoms with Crippen molar-refractivity contribution in [2.75, 3.05) is 24.4 Å². The van der Waals surface area contributed by atoms with E-state index in [0.717, 1.165) is 12.0 Å². The molecule has 3 aromatic rings. The fourth-order valence-electron chi connectivity index (χ4n) is 3.16. The number of methoxy groups -OCH3 is 1. The van der Waals surface area contributed by atoms with Crippen LogP contribution in [0.4, 0.5) is 11.4 Å². The van der Waals surface area contributed by atoms with Gasteiger partial charge < -0.3 is 20.1 Å². The van der Waals surface area contributed by atoms with Crippen molar-refractivity contribution in [3.8, 4) is 11.5 Å². The number of aryl methyl sites for hydroxylation is 2. The van der Waals surface area contributed by atoms with Crippen molar-refractivity contribution in [3.05, 3.63) is 83.4 Å². The van der Waals surface area contributed by atoms with Crippen LogP contribution in [0.25, 0.3) is 0 Å². The molecule has 3 amide bonds. The Morgan fingerprint density at radius 1 is 0.917 bits per heavy atom. The lowest BCUT2D eigenvalue weighted by atomic mass is 10.1. The first kappa shape index (κ1) is 26.0. The zero-order chi connectivity index (χ0) is 25.9. The van der Waals surface area contributed by atoms with Gasteiger partial charge in [0.05, 0.1) is 13.3 Å². The zero-order valence-corrected chi connectivity index (χ0v) is 20.3. The number of amides is 3. The number of carbonyl (C=O) groups excluding carboxylic acids is 3. The molecule has 0 aliphatic heterocycles. The van der Waals surface area contributed by atoms with Crippen molar-refractivity contribution in [1.82, 2.24) is 5.43 Å². The molecule has 0 fully saturated rings. The van der Waals surface area contributed by atoms with Crippen LogP contribution < -0.4 is 25.5 Å². The quantitative estimate of drug-likeness (QED) is 0.241. The van der Waals surface area contributed by atoms with Gasteiger partial charge in [-0.25, -0.2) is 5.43 Å². The third-order valence-corrected chi connectivity index (χ3v) is 5.17. The predicted molar refractivity (Wildman–Crippen MR) is 138 cm³/mol. The number of hydrogen-bond donors (Lipinski definition) is 3. The molecular formula is C27H28N4O5. The molecule has 3 rings (SSSR count). The van der Waals surface area contributed by atoms with Crippen LogP contribution in [0.2, 0.25) is 0 Å². The summed E-state index contributed by atoms with van der Waals surface area (Å²) in [4.78, 5) is 36.3. The summed E-state index contributed by atoms with van der Waals surface area (Å²) in [6.07, 6.45) is 2.28. The fraction of sp³-hybridized carbons (Fsp3) is 0.185. The van der Waals surface area contributed by atoms with E-state index in [1.165, 1.54) is 18.9 Å². The van der Waals surface area contributed by atoms with Crippen LogP contribution in [0.5, 0.6) is 11.5 Å². The first-order valence-corrected chi connectivity index (χ1v) is 11.3. The summed E-state index contributed by atoms with van der Waals surface area (Å²) in [6, 6.07) is 19.6. The van der Waals surface area contributed by atoms with E-state index in [4.69, 9.17) is 9.47 Å². The van der Waals surface area contributed by atoms with Gasteiger partial charge >= 0.3 is 11.8 Å². The SMILES string of the molecule is CCc1ccc(NC(=O)COc2ccc(/C=N\NC(=O)C(=O)Nc3ccccc3C)cc2OC)cc1. The third kappa shape index (κ3) is 7.42. The lowest BCUT2D eigenvalue weighted by Gasteiger charge is -2.11. The topological polar surface area (TPSA) is 118 Å². The Balaban J connectivity index is 1.52. The van der Waals surface area contributed by atoms with Gasteiger partial charge in [-0.2, -0.15) is 5.10 Å². The first-order valence-electron chi connectivity index (χ1n) is 11.3. The number of hydrazone groups is 1. The molecule has 9 nitrogen and oxygen atoms in total. The molecular weight excluding hydrogens is 460 g/mol. The molecule has 3 aromatic carbocycles. The molecule has 0 aliphatic rings. The highest BCUT2D eigenvalue weighted by molar-refractivity contribution is 6.39. The number of benzene rings is 3. The Labute approximate surface area is 209 Å². The zero-order valence-electron chi connectivity index (χ0n) is 20.3. The Bertz CT molecular complexity index is 1260. The van der Waals surface area contributed by atoms with E-state index in [9.17, 15) is 14.4 Å². The molecule has 186 valence electrons. The molecule has 0 aromatic heterocycles. The largest absolute Gasteiger partial charge is 0.493 e. The van der Waals surface area contributed by atoms with Crippen LogP contribution >= 0.6 is 0 Å². The van der Waals surface area contributed by atoms with Crippen LogP contribution in [0.3, 0.4) is 0 Å². The Hall–Kier alpha value is -4.66. The molecule has 0 unspecified atom stereocenters. The second kappa shape index (κ2) is 12.7. The van der Waals surface area contributed by atoms with E-state index >= 15 is 0 Å². The normalized spacial score (nSPS) is 10.5. The summed E-state index contributed by atoms with van der Waals surface area (Å²) in [5.41, 5.74) is 6.02. The summed E-state index contributed by atoms with van der Waals surface area (Å²) >= 11 is 0. The number of nitrogens with one attached hydrogen (secondary N) is 3. The molecule has 36 heavy (non-hydrogen) atoms. The van der Waals surface area contributed by atoms with Gasteiger partial charge in [0.2, 0.25) is 0 Å². The minimum Gasteiger partial charge on any atom is -0.493 e. The predicted octanol–water partition coefficient (Wildman–Crippen LogP) is 3.67. The van der Waals surface area contributed by atoms with E-state index < -0.39 is 11.8 Å². The van der Waals surface area contributed by atoms with Gasteiger partial charge in [0.15, 0.2) is 18.1 Å². The van der Waals surface area contributed by atoms with Crippen molar-refractivity contribution in [3.63, 3.8) is 0 Å². The third-order valence-electron chi connectivity index (χ3n) is 5.17. The monoisotopic (exact) mass is 488 g/mol. The van der Waals surface area contributed by atoms with Gasteiger partial charge in [0, 0.05) is 11.4 Å². The Morgan fingerprint density at radius 3 is 2.36 bits per heavy atom. The summed E-state index contributed by atoms with van der Waals surface area (Å²) in [6.45, 7) is 3.68. The van der Waals surface area contributed by atoms with Crippen LogP contribution in [0.1, 0.15) is 23.6 Å². The molecule has 3 N–H and O–H groups in total. The number of ether oxygens (including phenoxy) is 2. The number of para-hydroxylation sites is 1.